The van der Waals surface area contributed by atoms with Crippen LogP contribution in [0.5, 0.6) is 0 Å². The van der Waals surface area contributed by atoms with Gasteiger partial charge in [0.15, 0.2) is 0 Å². The molecule has 0 saturated heterocycles. The molecule has 0 amide bonds. The highest BCUT2D eigenvalue weighted by Gasteiger charge is 2.25. The lowest BCUT2D eigenvalue weighted by Gasteiger charge is -2.19. The predicted molar refractivity (Wildman–Crippen MR) is 58.5 cm³/mol. The third-order valence-electron chi connectivity index (χ3n) is 1.35. The molecule has 0 saturated carbocycles. The van der Waals surface area contributed by atoms with Crippen LogP contribution in [0.4, 0.5) is 0 Å². The van der Waals surface area contributed by atoms with Crippen molar-refractivity contribution in [2.75, 3.05) is 6.26 Å². The van der Waals surface area contributed by atoms with E-state index in [1.807, 2.05) is 20.1 Å². The summed E-state index contributed by atoms with van der Waals surface area (Å²) in [5.74, 6) is 0.166. The predicted octanol–water partition coefficient (Wildman–Crippen LogP) is 2.74. The molecule has 0 rings (SSSR count). The Hall–Kier alpha value is 0.460. The van der Waals surface area contributed by atoms with Crippen LogP contribution in [0.1, 0.15) is 20.8 Å². The Morgan fingerprint density at radius 1 is 1.45 bits per heavy atom. The topological polar surface area (TPSA) is 17.1 Å². The summed E-state index contributed by atoms with van der Waals surface area (Å²) >= 11 is 7.96. The third kappa shape index (κ3) is 4.13. The van der Waals surface area contributed by atoms with Crippen LogP contribution in [0.15, 0.2) is 0 Å². The zero-order valence-electron chi connectivity index (χ0n) is 7.13. The monoisotopic (exact) mass is 208 g/mol. The lowest BCUT2D eigenvalue weighted by molar-refractivity contribution is -0.118. The van der Waals surface area contributed by atoms with Gasteiger partial charge in [-0.25, -0.2) is 0 Å². The van der Waals surface area contributed by atoms with Crippen LogP contribution in [-0.4, -0.2) is 20.3 Å². The van der Waals surface area contributed by atoms with Crippen molar-refractivity contribution in [3.63, 3.8) is 0 Å². The van der Waals surface area contributed by atoms with E-state index in [1.165, 1.54) is 23.5 Å². The van der Waals surface area contributed by atoms with Gasteiger partial charge in [0.25, 0.3) is 0 Å². The molecule has 1 nitrogen and oxygen atoms in total. The van der Waals surface area contributed by atoms with Gasteiger partial charge in [-0.3, -0.25) is 4.79 Å². The van der Waals surface area contributed by atoms with Gasteiger partial charge in [-0.2, -0.15) is 0 Å². The summed E-state index contributed by atoms with van der Waals surface area (Å²) in [4.78, 5) is 11.0. The first kappa shape index (κ1) is 11.5. The van der Waals surface area contributed by atoms with E-state index in [4.69, 9.17) is 12.2 Å². The molecule has 0 aromatic heterocycles. The van der Waals surface area contributed by atoms with Crippen molar-refractivity contribution in [3.05, 3.63) is 0 Å². The van der Waals surface area contributed by atoms with E-state index in [9.17, 15) is 4.79 Å². The zero-order chi connectivity index (χ0) is 9.07. The SMILES string of the molecule is CSC(=S)SC(C)(C)C(C)=O. The molecule has 64 valence electrons. The molecular formula is C7H12OS3. The molecule has 0 N–H and O–H groups in total. The van der Waals surface area contributed by atoms with E-state index < -0.39 is 0 Å². The van der Waals surface area contributed by atoms with E-state index in [0.717, 1.165) is 3.53 Å². The summed E-state index contributed by atoms with van der Waals surface area (Å²) in [5, 5.41) is 0. The molecule has 0 fully saturated rings. The number of thiocarbonyl (C=S) groups is 1. The fourth-order valence-corrected chi connectivity index (χ4v) is 2.47. The Bertz CT molecular complexity index is 175. The number of ketones is 1. The smallest absolute Gasteiger partial charge is 0.145 e. The van der Waals surface area contributed by atoms with Gasteiger partial charge in [-0.15, -0.1) is 11.8 Å². The molecule has 0 radical (unpaired) electrons. The lowest BCUT2D eigenvalue weighted by Crippen LogP contribution is -2.25. The molecule has 0 bridgehead atoms. The quantitative estimate of drug-likeness (QED) is 0.649. The van der Waals surface area contributed by atoms with Gasteiger partial charge in [0, 0.05) is 0 Å². The standard InChI is InChI=1S/C7H12OS3/c1-5(8)7(2,3)11-6(9)10-4/h1-4H3. The molecule has 0 aliphatic heterocycles. The first-order valence-electron chi connectivity index (χ1n) is 3.18. The maximum Gasteiger partial charge on any atom is 0.145 e. The molecular weight excluding hydrogens is 196 g/mol. The Balaban J connectivity index is 4.12. The van der Waals surface area contributed by atoms with Crippen molar-refractivity contribution in [2.45, 2.75) is 25.5 Å². The van der Waals surface area contributed by atoms with Crippen molar-refractivity contribution in [3.8, 4) is 0 Å². The molecule has 0 unspecified atom stereocenters. The highest BCUT2D eigenvalue weighted by Crippen LogP contribution is 2.30. The number of hydrogen-bond acceptors (Lipinski definition) is 4. The number of rotatable bonds is 2. The fourth-order valence-electron chi connectivity index (χ4n) is 0.322. The maximum atomic E-state index is 11.0. The first-order chi connectivity index (χ1) is 4.90. The Labute approximate surface area is 81.7 Å². The van der Waals surface area contributed by atoms with Crippen LogP contribution in [0.3, 0.4) is 0 Å². The number of thioether (sulfide) groups is 2. The minimum Gasteiger partial charge on any atom is -0.298 e. The summed E-state index contributed by atoms with van der Waals surface area (Å²) in [6.45, 7) is 5.38. The van der Waals surface area contributed by atoms with Gasteiger partial charge in [-0.05, 0) is 27.0 Å². The molecule has 0 aromatic carbocycles. The second kappa shape index (κ2) is 4.48. The highest BCUT2D eigenvalue weighted by molar-refractivity contribution is 8.47. The normalized spacial score (nSPS) is 11.3. The number of hydrogen-bond donors (Lipinski definition) is 0. The second-order valence-electron chi connectivity index (χ2n) is 2.62. The largest absolute Gasteiger partial charge is 0.298 e. The second-order valence-corrected chi connectivity index (χ2v) is 6.26. The van der Waals surface area contributed by atoms with Crippen LogP contribution in [0.25, 0.3) is 0 Å². The van der Waals surface area contributed by atoms with Crippen LogP contribution in [-0.2, 0) is 4.79 Å². The molecule has 0 heterocycles. The first-order valence-corrected chi connectivity index (χ1v) is 5.63. The van der Waals surface area contributed by atoms with Crippen LogP contribution < -0.4 is 0 Å². The van der Waals surface area contributed by atoms with E-state index in [2.05, 4.69) is 0 Å². The summed E-state index contributed by atoms with van der Waals surface area (Å²) < 4.78 is 0.463. The molecule has 0 aliphatic rings. The van der Waals surface area contributed by atoms with Crippen LogP contribution in [0.2, 0.25) is 0 Å². The average molecular weight is 208 g/mol. The van der Waals surface area contributed by atoms with Crippen LogP contribution >= 0.6 is 35.7 Å². The summed E-state index contributed by atoms with van der Waals surface area (Å²) in [6.07, 6.45) is 1.92. The third-order valence-corrected chi connectivity index (χ3v) is 4.15. The van der Waals surface area contributed by atoms with Crippen molar-refractivity contribution < 1.29 is 4.79 Å². The summed E-state index contributed by atoms with van der Waals surface area (Å²) in [7, 11) is 0. The maximum absolute atomic E-state index is 11.0. The Morgan fingerprint density at radius 2 is 1.91 bits per heavy atom. The zero-order valence-corrected chi connectivity index (χ0v) is 9.58. The molecule has 0 spiro atoms. The Kier molecular flexibility index (Phi) is 4.66. The van der Waals surface area contributed by atoms with Gasteiger partial charge in [0.05, 0.1) is 4.75 Å². The number of carbonyl (C=O) groups excluding carboxylic acids is 1. The fraction of sp³-hybridized carbons (Fsp3) is 0.714. The molecule has 11 heavy (non-hydrogen) atoms. The summed E-state index contributed by atoms with van der Waals surface area (Å²) in [6, 6.07) is 0. The summed E-state index contributed by atoms with van der Waals surface area (Å²) in [5.41, 5.74) is 0. The van der Waals surface area contributed by atoms with Crippen molar-refractivity contribution in [2.24, 2.45) is 0 Å². The van der Waals surface area contributed by atoms with E-state index in [-0.39, 0.29) is 10.5 Å². The van der Waals surface area contributed by atoms with Crippen molar-refractivity contribution in [1.82, 2.24) is 0 Å². The van der Waals surface area contributed by atoms with Crippen LogP contribution in [0, 0.1) is 0 Å². The molecule has 0 atom stereocenters. The number of carbonyl (C=O) groups is 1. The molecule has 0 aliphatic carbocycles. The molecule has 4 heteroatoms. The lowest BCUT2D eigenvalue weighted by atomic mass is 10.1. The van der Waals surface area contributed by atoms with E-state index >= 15 is 0 Å². The van der Waals surface area contributed by atoms with Crippen molar-refractivity contribution in [1.29, 1.82) is 0 Å². The van der Waals surface area contributed by atoms with Gasteiger partial charge in [-0.1, -0.05) is 24.0 Å². The van der Waals surface area contributed by atoms with Crippen molar-refractivity contribution >= 4 is 45.1 Å². The van der Waals surface area contributed by atoms with Gasteiger partial charge < -0.3 is 0 Å². The van der Waals surface area contributed by atoms with Gasteiger partial charge in [0.2, 0.25) is 0 Å². The minimum atomic E-state index is -0.361. The average Bonchev–Trinajstić information content (AvgIpc) is 1.86. The van der Waals surface area contributed by atoms with Gasteiger partial charge >= 0.3 is 0 Å². The Morgan fingerprint density at radius 3 is 2.18 bits per heavy atom. The minimum absolute atomic E-state index is 0.166. The van der Waals surface area contributed by atoms with E-state index in [1.54, 1.807) is 6.92 Å². The molecule has 0 aromatic rings. The highest BCUT2D eigenvalue weighted by atomic mass is 32.2. The number of Topliss-reactive ketones (excluding diaryl/α,β-unsaturated/α-hetero) is 1. The van der Waals surface area contributed by atoms with E-state index in [0.29, 0.717) is 0 Å². The van der Waals surface area contributed by atoms with Gasteiger partial charge in [0.1, 0.15) is 9.31 Å².